The predicted molar refractivity (Wildman–Crippen MR) is 84.9 cm³/mol. The number of fused-ring (bicyclic) bond motifs is 1. The molecular formula is C15H18BrN3O. The summed E-state index contributed by atoms with van der Waals surface area (Å²) in [6.07, 6.45) is 0.263. The molecule has 0 saturated carbocycles. The molecule has 20 heavy (non-hydrogen) atoms. The summed E-state index contributed by atoms with van der Waals surface area (Å²) in [5, 5.41) is 4.61. The maximum Gasteiger partial charge on any atom is 0.127 e. The van der Waals surface area contributed by atoms with E-state index in [1.807, 2.05) is 18.2 Å². The lowest BCUT2D eigenvalue weighted by Crippen LogP contribution is -2.45. The average molecular weight is 336 g/mol. The van der Waals surface area contributed by atoms with Gasteiger partial charge in [-0.05, 0) is 37.3 Å². The molecule has 1 aliphatic heterocycles. The van der Waals surface area contributed by atoms with Gasteiger partial charge in [0.05, 0.1) is 24.9 Å². The molecule has 0 spiro atoms. The van der Waals surface area contributed by atoms with E-state index in [1.165, 1.54) is 0 Å². The molecule has 0 amide bonds. The Balaban J connectivity index is 1.75. The van der Waals surface area contributed by atoms with Crippen molar-refractivity contribution in [3.05, 3.63) is 34.8 Å². The fourth-order valence-electron chi connectivity index (χ4n) is 2.45. The quantitative estimate of drug-likeness (QED) is 0.935. The largest absolute Gasteiger partial charge is 0.379 e. The summed E-state index contributed by atoms with van der Waals surface area (Å²) in [5.74, 6) is 0.916. The van der Waals surface area contributed by atoms with Crippen molar-refractivity contribution in [1.82, 2.24) is 9.88 Å². The molecule has 5 heteroatoms. The van der Waals surface area contributed by atoms with Gasteiger partial charge in [0, 0.05) is 22.9 Å². The standard InChI is InChI=1S/C15H18BrN3O/c1-11(19-6-8-20-9-7-19)17-15-5-2-12-10-13(16)3-4-14(12)18-15/h2-5,10-11H,6-9H2,1H3,(H,17,18). The van der Waals surface area contributed by atoms with E-state index in [0.717, 1.165) is 47.5 Å². The highest BCUT2D eigenvalue weighted by Crippen LogP contribution is 2.20. The van der Waals surface area contributed by atoms with Crippen molar-refractivity contribution in [2.24, 2.45) is 0 Å². The Hall–Kier alpha value is -1.17. The first-order valence-corrected chi connectivity index (χ1v) is 7.66. The predicted octanol–water partition coefficient (Wildman–Crippen LogP) is 3.09. The van der Waals surface area contributed by atoms with E-state index >= 15 is 0 Å². The number of hydrogen-bond acceptors (Lipinski definition) is 4. The second-order valence-electron chi connectivity index (χ2n) is 5.00. The summed E-state index contributed by atoms with van der Waals surface area (Å²) in [6, 6.07) is 10.3. The van der Waals surface area contributed by atoms with Crippen LogP contribution in [0.2, 0.25) is 0 Å². The third-order valence-electron chi connectivity index (χ3n) is 3.60. The van der Waals surface area contributed by atoms with Crippen LogP contribution in [0.15, 0.2) is 34.8 Å². The molecule has 1 N–H and O–H groups in total. The molecule has 1 aromatic heterocycles. The topological polar surface area (TPSA) is 37.4 Å². The average Bonchev–Trinajstić information content (AvgIpc) is 2.48. The van der Waals surface area contributed by atoms with Crippen molar-refractivity contribution in [3.63, 3.8) is 0 Å². The van der Waals surface area contributed by atoms with E-state index in [1.54, 1.807) is 0 Å². The Kier molecular flexibility index (Phi) is 4.19. The van der Waals surface area contributed by atoms with Gasteiger partial charge in [0.1, 0.15) is 5.82 Å². The third kappa shape index (κ3) is 3.11. The summed E-state index contributed by atoms with van der Waals surface area (Å²) < 4.78 is 6.46. The Morgan fingerprint density at radius 2 is 2.05 bits per heavy atom. The highest BCUT2D eigenvalue weighted by atomic mass is 79.9. The van der Waals surface area contributed by atoms with E-state index in [9.17, 15) is 0 Å². The lowest BCUT2D eigenvalue weighted by molar-refractivity contribution is 0.0253. The Morgan fingerprint density at radius 3 is 2.85 bits per heavy atom. The molecule has 1 atom stereocenters. The number of halogens is 1. The van der Waals surface area contributed by atoms with Gasteiger partial charge in [-0.1, -0.05) is 15.9 Å². The van der Waals surface area contributed by atoms with Crippen LogP contribution in [0, 0.1) is 0 Å². The first-order valence-electron chi connectivity index (χ1n) is 6.87. The van der Waals surface area contributed by atoms with E-state index < -0.39 is 0 Å². The minimum Gasteiger partial charge on any atom is -0.379 e. The number of pyridine rings is 1. The summed E-state index contributed by atoms with van der Waals surface area (Å²) >= 11 is 3.48. The number of aromatic nitrogens is 1. The second kappa shape index (κ2) is 6.08. The van der Waals surface area contributed by atoms with Crippen LogP contribution in [0.3, 0.4) is 0 Å². The Labute approximate surface area is 127 Å². The van der Waals surface area contributed by atoms with Gasteiger partial charge in [-0.15, -0.1) is 0 Å². The highest BCUT2D eigenvalue weighted by molar-refractivity contribution is 9.10. The van der Waals surface area contributed by atoms with E-state index in [2.05, 4.69) is 50.2 Å². The first-order chi connectivity index (χ1) is 9.72. The molecule has 1 saturated heterocycles. The number of rotatable bonds is 3. The van der Waals surface area contributed by atoms with Crippen LogP contribution in [0.5, 0.6) is 0 Å². The molecule has 0 bridgehead atoms. The van der Waals surface area contributed by atoms with Crippen molar-refractivity contribution in [1.29, 1.82) is 0 Å². The lowest BCUT2D eigenvalue weighted by Gasteiger charge is -2.32. The van der Waals surface area contributed by atoms with Crippen LogP contribution in [0.4, 0.5) is 5.82 Å². The SMILES string of the molecule is CC(Nc1ccc2cc(Br)ccc2n1)N1CCOCC1. The Morgan fingerprint density at radius 1 is 1.25 bits per heavy atom. The maximum atomic E-state index is 5.38. The van der Waals surface area contributed by atoms with Crippen LogP contribution < -0.4 is 5.32 Å². The summed E-state index contributed by atoms with van der Waals surface area (Å²) in [7, 11) is 0. The number of benzene rings is 1. The van der Waals surface area contributed by atoms with Crippen LogP contribution in [-0.2, 0) is 4.74 Å². The number of nitrogens with one attached hydrogen (secondary N) is 1. The summed E-state index contributed by atoms with van der Waals surface area (Å²) in [6.45, 7) is 5.72. The van der Waals surface area contributed by atoms with Gasteiger partial charge in [0.2, 0.25) is 0 Å². The summed E-state index contributed by atoms with van der Waals surface area (Å²) in [4.78, 5) is 7.03. The van der Waals surface area contributed by atoms with Gasteiger partial charge < -0.3 is 10.1 Å². The normalized spacial score (nSPS) is 18.1. The molecule has 1 fully saturated rings. The molecule has 1 aromatic carbocycles. The molecule has 1 unspecified atom stereocenters. The molecular weight excluding hydrogens is 318 g/mol. The summed E-state index contributed by atoms with van der Waals surface area (Å²) in [5.41, 5.74) is 1.01. The molecule has 0 radical (unpaired) electrons. The number of ether oxygens (including phenoxy) is 1. The van der Waals surface area contributed by atoms with Crippen molar-refractivity contribution >= 4 is 32.7 Å². The van der Waals surface area contributed by atoms with Gasteiger partial charge in [-0.3, -0.25) is 4.90 Å². The highest BCUT2D eigenvalue weighted by Gasteiger charge is 2.16. The molecule has 0 aliphatic carbocycles. The maximum absolute atomic E-state index is 5.38. The fourth-order valence-corrected chi connectivity index (χ4v) is 2.83. The van der Waals surface area contributed by atoms with Crippen LogP contribution in [0.25, 0.3) is 10.9 Å². The zero-order chi connectivity index (χ0) is 13.9. The molecule has 3 rings (SSSR count). The van der Waals surface area contributed by atoms with Crippen LogP contribution >= 0.6 is 15.9 Å². The van der Waals surface area contributed by atoms with Crippen molar-refractivity contribution < 1.29 is 4.74 Å². The molecule has 4 nitrogen and oxygen atoms in total. The second-order valence-corrected chi connectivity index (χ2v) is 5.92. The number of hydrogen-bond donors (Lipinski definition) is 1. The van der Waals surface area contributed by atoms with E-state index in [4.69, 9.17) is 4.74 Å². The van der Waals surface area contributed by atoms with Gasteiger partial charge in [-0.2, -0.15) is 0 Å². The minimum absolute atomic E-state index is 0.263. The van der Waals surface area contributed by atoms with Gasteiger partial charge in [-0.25, -0.2) is 4.98 Å². The molecule has 2 heterocycles. The zero-order valence-electron chi connectivity index (χ0n) is 11.5. The van der Waals surface area contributed by atoms with E-state index in [0.29, 0.717) is 0 Å². The van der Waals surface area contributed by atoms with Crippen molar-refractivity contribution in [3.8, 4) is 0 Å². The van der Waals surface area contributed by atoms with Gasteiger partial charge in [0.15, 0.2) is 0 Å². The third-order valence-corrected chi connectivity index (χ3v) is 4.09. The monoisotopic (exact) mass is 335 g/mol. The minimum atomic E-state index is 0.263. The number of nitrogens with zero attached hydrogens (tertiary/aromatic N) is 2. The molecule has 106 valence electrons. The van der Waals surface area contributed by atoms with Gasteiger partial charge >= 0.3 is 0 Å². The smallest absolute Gasteiger partial charge is 0.127 e. The number of morpholine rings is 1. The van der Waals surface area contributed by atoms with Crippen molar-refractivity contribution in [2.45, 2.75) is 13.1 Å². The van der Waals surface area contributed by atoms with E-state index in [-0.39, 0.29) is 6.17 Å². The molecule has 1 aliphatic rings. The van der Waals surface area contributed by atoms with Crippen LogP contribution in [0.1, 0.15) is 6.92 Å². The lowest BCUT2D eigenvalue weighted by atomic mass is 10.2. The van der Waals surface area contributed by atoms with Gasteiger partial charge in [0.25, 0.3) is 0 Å². The number of anilines is 1. The molecule has 2 aromatic rings. The van der Waals surface area contributed by atoms with Crippen LogP contribution in [-0.4, -0.2) is 42.4 Å². The Bertz CT molecular complexity index is 599. The fraction of sp³-hybridized carbons (Fsp3) is 0.400. The van der Waals surface area contributed by atoms with Crippen molar-refractivity contribution in [2.75, 3.05) is 31.6 Å². The first kappa shape index (κ1) is 13.8. The zero-order valence-corrected chi connectivity index (χ0v) is 13.1.